The van der Waals surface area contributed by atoms with Crippen LogP contribution in [0.2, 0.25) is 0 Å². The van der Waals surface area contributed by atoms with Crippen LogP contribution in [0.1, 0.15) is 0 Å². The molecule has 2 rings (SSSR count). The Labute approximate surface area is 127 Å². The van der Waals surface area contributed by atoms with Gasteiger partial charge in [0.1, 0.15) is 0 Å². The summed E-state index contributed by atoms with van der Waals surface area (Å²) in [7, 11) is 0. The SMILES string of the molecule is N=C=O.N=C=O.Sc1ccc(-c2ccc(S)cc2)cc1. The second kappa shape index (κ2) is 10.8. The summed E-state index contributed by atoms with van der Waals surface area (Å²) in [5.41, 5.74) is 2.41. The van der Waals surface area contributed by atoms with Crippen LogP contribution in [0.25, 0.3) is 11.1 Å². The Hall–Kier alpha value is -2.10. The Bertz CT molecular complexity index is 528. The molecule has 4 nitrogen and oxygen atoms in total. The molecule has 6 heteroatoms. The molecule has 0 unspecified atom stereocenters. The van der Waals surface area contributed by atoms with Crippen molar-refractivity contribution in [2.45, 2.75) is 9.79 Å². The Morgan fingerprint density at radius 1 is 0.650 bits per heavy atom. The summed E-state index contributed by atoms with van der Waals surface area (Å²) >= 11 is 8.50. The van der Waals surface area contributed by atoms with Crippen LogP contribution in [0.4, 0.5) is 0 Å². The molecule has 2 N–H and O–H groups in total. The summed E-state index contributed by atoms with van der Waals surface area (Å²) in [5, 5.41) is 10.8. The lowest BCUT2D eigenvalue weighted by molar-refractivity contribution is 0.562. The fourth-order valence-corrected chi connectivity index (χ4v) is 1.61. The normalized spacial score (nSPS) is 7.90. The predicted octanol–water partition coefficient (Wildman–Crippen LogP) is 3.73. The van der Waals surface area contributed by atoms with Crippen molar-refractivity contribution in [3.63, 3.8) is 0 Å². The number of isocyanates is 2. The zero-order chi connectivity index (χ0) is 15.4. The first-order valence-electron chi connectivity index (χ1n) is 5.25. The number of hydrogen-bond donors (Lipinski definition) is 4. The van der Waals surface area contributed by atoms with E-state index in [0.717, 1.165) is 22.0 Å². The highest BCUT2D eigenvalue weighted by molar-refractivity contribution is 7.80. The van der Waals surface area contributed by atoms with Crippen LogP contribution in [0, 0.1) is 10.8 Å². The molecule has 0 atom stereocenters. The second-order valence-corrected chi connectivity index (χ2v) is 4.33. The summed E-state index contributed by atoms with van der Waals surface area (Å²) in [5.74, 6) is 0. The highest BCUT2D eigenvalue weighted by Crippen LogP contribution is 2.21. The first-order valence-corrected chi connectivity index (χ1v) is 6.14. The van der Waals surface area contributed by atoms with E-state index in [9.17, 15) is 0 Å². The summed E-state index contributed by atoms with van der Waals surface area (Å²) < 4.78 is 0. The third-order valence-electron chi connectivity index (χ3n) is 2.07. The maximum atomic E-state index is 8.35. The quantitative estimate of drug-likeness (QED) is 0.368. The monoisotopic (exact) mass is 304 g/mol. The van der Waals surface area contributed by atoms with Gasteiger partial charge in [-0.3, -0.25) is 0 Å². The number of carbonyl (C=O) groups excluding carboxylic acids is 2. The molecule has 0 saturated heterocycles. The van der Waals surface area contributed by atoms with Crippen LogP contribution in [0.15, 0.2) is 58.3 Å². The largest absolute Gasteiger partial charge is 0.231 e. The van der Waals surface area contributed by atoms with E-state index >= 15 is 0 Å². The standard InChI is InChI=1S/C12H10S2.2CHNO/c13-11-5-1-9(2-6-11)10-3-7-12(14)8-4-10;2*2-1-3/h1-8,13-14H;2*2H. The van der Waals surface area contributed by atoms with E-state index in [1.54, 1.807) is 0 Å². The van der Waals surface area contributed by atoms with Crippen LogP contribution < -0.4 is 0 Å². The van der Waals surface area contributed by atoms with Crippen LogP contribution in [0.5, 0.6) is 0 Å². The molecule has 0 bridgehead atoms. The van der Waals surface area contributed by atoms with Gasteiger partial charge in [-0.1, -0.05) is 24.3 Å². The third kappa shape index (κ3) is 7.36. The van der Waals surface area contributed by atoms with Crippen molar-refractivity contribution in [1.29, 1.82) is 10.8 Å². The van der Waals surface area contributed by atoms with Gasteiger partial charge < -0.3 is 0 Å². The van der Waals surface area contributed by atoms with Gasteiger partial charge in [0.05, 0.1) is 0 Å². The first-order chi connectivity index (χ1) is 9.58. The minimum Gasteiger partial charge on any atom is -0.222 e. The highest BCUT2D eigenvalue weighted by atomic mass is 32.1. The molecule has 0 aliphatic carbocycles. The number of hydrogen-bond acceptors (Lipinski definition) is 6. The average molecular weight is 304 g/mol. The van der Waals surface area contributed by atoms with E-state index < -0.39 is 0 Å². The van der Waals surface area contributed by atoms with Crippen molar-refractivity contribution in [2.24, 2.45) is 0 Å². The van der Waals surface area contributed by atoms with Gasteiger partial charge in [-0.25, -0.2) is 20.4 Å². The molecular formula is C14H12N2O2S2. The summed E-state index contributed by atoms with van der Waals surface area (Å²) in [6.45, 7) is 0. The molecular weight excluding hydrogens is 292 g/mol. The average Bonchev–Trinajstić information content (AvgIpc) is 2.42. The summed E-state index contributed by atoms with van der Waals surface area (Å²) in [6.07, 6.45) is 1.50. The van der Waals surface area contributed by atoms with Gasteiger partial charge in [0.15, 0.2) is 0 Å². The van der Waals surface area contributed by atoms with Crippen molar-refractivity contribution in [3.05, 3.63) is 48.5 Å². The van der Waals surface area contributed by atoms with Gasteiger partial charge in [0.2, 0.25) is 12.2 Å². The fourth-order valence-electron chi connectivity index (χ4n) is 1.31. The smallest absolute Gasteiger partial charge is 0.222 e. The van der Waals surface area contributed by atoms with E-state index in [0.29, 0.717) is 0 Å². The topological polar surface area (TPSA) is 81.8 Å². The van der Waals surface area contributed by atoms with Gasteiger partial charge in [0, 0.05) is 9.79 Å². The van der Waals surface area contributed by atoms with Crippen LogP contribution in [-0.4, -0.2) is 12.2 Å². The van der Waals surface area contributed by atoms with Gasteiger partial charge in [-0.2, -0.15) is 0 Å². The van der Waals surface area contributed by atoms with Crippen molar-refractivity contribution in [2.75, 3.05) is 0 Å². The van der Waals surface area contributed by atoms with Gasteiger partial charge in [0.25, 0.3) is 0 Å². The number of benzene rings is 2. The van der Waals surface area contributed by atoms with E-state index in [2.05, 4.69) is 49.5 Å². The molecule has 0 spiro atoms. The molecule has 2 aromatic rings. The minimum absolute atomic E-state index is 0.750. The van der Waals surface area contributed by atoms with Crippen LogP contribution in [0.3, 0.4) is 0 Å². The second-order valence-electron chi connectivity index (χ2n) is 3.30. The molecule has 0 aliphatic heterocycles. The maximum absolute atomic E-state index is 8.35. The van der Waals surface area contributed by atoms with Gasteiger partial charge in [-0.05, 0) is 35.4 Å². The zero-order valence-electron chi connectivity index (χ0n) is 10.3. The Morgan fingerprint density at radius 3 is 1.05 bits per heavy atom. The minimum atomic E-state index is 0.750. The molecule has 20 heavy (non-hydrogen) atoms. The molecule has 0 radical (unpaired) electrons. The van der Waals surface area contributed by atoms with Crippen LogP contribution in [-0.2, 0) is 9.59 Å². The first kappa shape index (κ1) is 17.9. The van der Waals surface area contributed by atoms with Gasteiger partial charge in [-0.15, -0.1) is 25.3 Å². The lowest BCUT2D eigenvalue weighted by Crippen LogP contribution is -1.76. The zero-order valence-corrected chi connectivity index (χ0v) is 12.1. The molecule has 0 aromatic heterocycles. The highest BCUT2D eigenvalue weighted by Gasteiger charge is 1.95. The lowest BCUT2D eigenvalue weighted by atomic mass is 10.1. The molecule has 2 aromatic carbocycles. The molecule has 0 saturated carbocycles. The fraction of sp³-hybridized carbons (Fsp3) is 0. The van der Waals surface area contributed by atoms with E-state index in [1.165, 1.54) is 11.1 Å². The number of rotatable bonds is 1. The predicted molar refractivity (Wildman–Crippen MR) is 83.2 cm³/mol. The third-order valence-corrected chi connectivity index (χ3v) is 2.66. The molecule has 0 heterocycles. The molecule has 0 aliphatic rings. The van der Waals surface area contributed by atoms with Gasteiger partial charge >= 0.3 is 0 Å². The maximum Gasteiger partial charge on any atom is 0.231 e. The number of thiol groups is 2. The Kier molecular flexibility index (Phi) is 9.66. The van der Waals surface area contributed by atoms with Crippen molar-refractivity contribution in [1.82, 2.24) is 0 Å². The molecule has 0 amide bonds. The van der Waals surface area contributed by atoms with Crippen molar-refractivity contribution in [3.8, 4) is 11.1 Å². The summed E-state index contributed by atoms with van der Waals surface area (Å²) in [4.78, 5) is 18.7. The van der Waals surface area contributed by atoms with E-state index in [4.69, 9.17) is 20.4 Å². The van der Waals surface area contributed by atoms with Crippen LogP contribution >= 0.6 is 25.3 Å². The molecule has 0 fully saturated rings. The van der Waals surface area contributed by atoms with Crippen molar-refractivity contribution >= 4 is 37.4 Å². The lowest BCUT2D eigenvalue weighted by Gasteiger charge is -2.01. The number of nitrogens with one attached hydrogen (secondary N) is 2. The van der Waals surface area contributed by atoms with E-state index in [1.807, 2.05) is 24.3 Å². The van der Waals surface area contributed by atoms with Crippen molar-refractivity contribution < 1.29 is 9.59 Å². The van der Waals surface area contributed by atoms with E-state index in [-0.39, 0.29) is 0 Å². The Balaban J connectivity index is 0.000000520. The Morgan fingerprint density at radius 2 is 0.850 bits per heavy atom. The summed E-state index contributed by atoms with van der Waals surface area (Å²) in [6, 6.07) is 16.2. The molecule has 102 valence electrons.